The molecule has 5 heteroatoms. The highest BCUT2D eigenvalue weighted by molar-refractivity contribution is 5.45. The summed E-state index contributed by atoms with van der Waals surface area (Å²) >= 11 is 0. The first-order valence-electron chi connectivity index (χ1n) is 5.83. The number of fused-ring (bicyclic) bond motifs is 1. The number of nitrogens with zero attached hydrogens (tertiary/aromatic N) is 3. The summed E-state index contributed by atoms with van der Waals surface area (Å²) in [5.41, 5.74) is 2.04. The van der Waals surface area contributed by atoms with Gasteiger partial charge in [-0.3, -0.25) is 0 Å². The van der Waals surface area contributed by atoms with Crippen molar-refractivity contribution >= 4 is 11.6 Å². The van der Waals surface area contributed by atoms with Crippen LogP contribution in [0.25, 0.3) is 5.65 Å². The molecule has 2 aromatic rings. The molecular weight excluding hydrogens is 216 g/mol. The van der Waals surface area contributed by atoms with Crippen molar-refractivity contribution in [2.24, 2.45) is 0 Å². The Balaban J connectivity index is 1.95. The number of rotatable bonds is 5. The van der Waals surface area contributed by atoms with E-state index in [1.807, 2.05) is 39.1 Å². The molecule has 0 radical (unpaired) electrons. The maximum Gasteiger partial charge on any atom is 0.243 e. The van der Waals surface area contributed by atoms with Gasteiger partial charge in [0.2, 0.25) is 5.95 Å². The lowest BCUT2D eigenvalue weighted by Gasteiger charge is -2.06. The van der Waals surface area contributed by atoms with Crippen LogP contribution in [0.15, 0.2) is 18.3 Å². The fraction of sp³-hybridized carbons (Fsp3) is 0.500. The topological polar surface area (TPSA) is 51.5 Å². The smallest absolute Gasteiger partial charge is 0.243 e. The number of hydrogen-bond acceptors (Lipinski definition) is 4. The van der Waals surface area contributed by atoms with Crippen molar-refractivity contribution in [1.29, 1.82) is 0 Å². The highest BCUT2D eigenvalue weighted by Gasteiger charge is 2.02. The molecular formula is C12H18N4O. The van der Waals surface area contributed by atoms with Gasteiger partial charge in [-0.05, 0) is 38.5 Å². The number of hydrogen-bond donors (Lipinski definition) is 1. The summed E-state index contributed by atoms with van der Waals surface area (Å²) in [6, 6.07) is 4.01. The van der Waals surface area contributed by atoms with E-state index in [1.165, 1.54) is 5.56 Å². The molecule has 0 amide bonds. The highest BCUT2D eigenvalue weighted by atomic mass is 16.5. The Hall–Kier alpha value is -1.62. The van der Waals surface area contributed by atoms with Crippen LogP contribution in [0.4, 0.5) is 5.95 Å². The second-order valence-corrected chi connectivity index (χ2v) is 4.29. The van der Waals surface area contributed by atoms with Gasteiger partial charge >= 0.3 is 0 Å². The molecule has 1 N–H and O–H groups in total. The van der Waals surface area contributed by atoms with E-state index in [0.717, 1.165) is 5.65 Å². The summed E-state index contributed by atoms with van der Waals surface area (Å²) in [5, 5.41) is 7.45. The summed E-state index contributed by atoms with van der Waals surface area (Å²) < 4.78 is 7.19. The number of pyridine rings is 1. The molecule has 2 heterocycles. The molecule has 0 saturated carbocycles. The maximum absolute atomic E-state index is 5.43. The zero-order chi connectivity index (χ0) is 12.3. The highest BCUT2D eigenvalue weighted by Crippen LogP contribution is 2.07. The van der Waals surface area contributed by atoms with E-state index in [4.69, 9.17) is 4.74 Å². The maximum atomic E-state index is 5.43. The van der Waals surface area contributed by atoms with Crippen LogP contribution in [-0.2, 0) is 4.74 Å². The second kappa shape index (κ2) is 5.14. The fourth-order valence-electron chi connectivity index (χ4n) is 1.52. The van der Waals surface area contributed by atoms with Gasteiger partial charge in [0.1, 0.15) is 0 Å². The standard InChI is InChI=1S/C12H18N4O/c1-9(2)17-7-5-13-12-14-11-8-10(3)4-6-16(11)15-12/h4,6,8-9H,5,7H2,1-3H3,(H,13,15). The van der Waals surface area contributed by atoms with Gasteiger partial charge in [-0.1, -0.05) is 0 Å². The van der Waals surface area contributed by atoms with Gasteiger partial charge < -0.3 is 10.1 Å². The lowest BCUT2D eigenvalue weighted by Crippen LogP contribution is -2.13. The van der Waals surface area contributed by atoms with Crippen molar-refractivity contribution in [3.8, 4) is 0 Å². The zero-order valence-corrected chi connectivity index (χ0v) is 10.5. The molecule has 0 aromatic carbocycles. The lowest BCUT2D eigenvalue weighted by molar-refractivity contribution is 0.0870. The molecule has 0 unspecified atom stereocenters. The van der Waals surface area contributed by atoms with Crippen LogP contribution in [0.5, 0.6) is 0 Å². The fourth-order valence-corrected chi connectivity index (χ4v) is 1.52. The molecule has 0 atom stereocenters. The van der Waals surface area contributed by atoms with Gasteiger partial charge in [-0.25, -0.2) is 4.52 Å². The predicted octanol–water partition coefficient (Wildman–Crippen LogP) is 1.87. The lowest BCUT2D eigenvalue weighted by atomic mass is 10.3. The van der Waals surface area contributed by atoms with Crippen molar-refractivity contribution in [3.63, 3.8) is 0 Å². The molecule has 0 bridgehead atoms. The van der Waals surface area contributed by atoms with Gasteiger partial charge in [0.15, 0.2) is 5.65 Å². The largest absolute Gasteiger partial charge is 0.377 e. The van der Waals surface area contributed by atoms with Gasteiger partial charge in [0.05, 0.1) is 12.7 Å². The van der Waals surface area contributed by atoms with E-state index in [0.29, 0.717) is 19.1 Å². The molecule has 0 aliphatic heterocycles. The Morgan fingerprint density at radius 2 is 2.29 bits per heavy atom. The second-order valence-electron chi connectivity index (χ2n) is 4.29. The molecule has 2 aromatic heterocycles. The number of aromatic nitrogens is 3. The SMILES string of the molecule is Cc1ccn2nc(NCCOC(C)C)nc2c1. The van der Waals surface area contributed by atoms with Crippen molar-refractivity contribution in [2.45, 2.75) is 26.9 Å². The van der Waals surface area contributed by atoms with E-state index in [2.05, 4.69) is 15.4 Å². The van der Waals surface area contributed by atoms with Gasteiger partial charge in [0.25, 0.3) is 0 Å². The minimum atomic E-state index is 0.258. The average molecular weight is 234 g/mol. The Morgan fingerprint density at radius 1 is 1.47 bits per heavy atom. The van der Waals surface area contributed by atoms with E-state index in [9.17, 15) is 0 Å². The zero-order valence-electron chi connectivity index (χ0n) is 10.5. The minimum absolute atomic E-state index is 0.258. The quantitative estimate of drug-likeness (QED) is 0.802. The van der Waals surface area contributed by atoms with Crippen LogP contribution in [0.2, 0.25) is 0 Å². The Morgan fingerprint density at radius 3 is 3.06 bits per heavy atom. The normalized spacial score (nSPS) is 11.3. The Labute approximate surface area is 101 Å². The summed E-state index contributed by atoms with van der Waals surface area (Å²) in [7, 11) is 0. The van der Waals surface area contributed by atoms with Crippen molar-refractivity contribution in [2.75, 3.05) is 18.5 Å². The first kappa shape index (κ1) is 11.9. The third kappa shape index (κ3) is 3.17. The molecule has 0 aliphatic carbocycles. The summed E-state index contributed by atoms with van der Waals surface area (Å²) in [6.45, 7) is 7.45. The average Bonchev–Trinajstić information content (AvgIpc) is 2.66. The van der Waals surface area contributed by atoms with Crippen LogP contribution in [-0.4, -0.2) is 33.9 Å². The van der Waals surface area contributed by atoms with Crippen LogP contribution >= 0.6 is 0 Å². The van der Waals surface area contributed by atoms with Crippen LogP contribution in [0.3, 0.4) is 0 Å². The predicted molar refractivity (Wildman–Crippen MR) is 67.3 cm³/mol. The first-order valence-corrected chi connectivity index (χ1v) is 5.83. The monoisotopic (exact) mass is 234 g/mol. The number of anilines is 1. The number of aryl methyl sites for hydroxylation is 1. The van der Waals surface area contributed by atoms with Gasteiger partial charge in [-0.2, -0.15) is 4.98 Å². The number of ether oxygens (including phenoxy) is 1. The molecule has 17 heavy (non-hydrogen) atoms. The van der Waals surface area contributed by atoms with Crippen molar-refractivity contribution < 1.29 is 4.74 Å². The molecule has 0 spiro atoms. The molecule has 0 aliphatic rings. The van der Waals surface area contributed by atoms with Crippen LogP contribution < -0.4 is 5.32 Å². The Kier molecular flexibility index (Phi) is 3.58. The van der Waals surface area contributed by atoms with Crippen LogP contribution in [0, 0.1) is 6.92 Å². The minimum Gasteiger partial charge on any atom is -0.377 e. The van der Waals surface area contributed by atoms with Gasteiger partial charge in [0, 0.05) is 12.7 Å². The van der Waals surface area contributed by atoms with E-state index in [-0.39, 0.29) is 6.10 Å². The third-order valence-corrected chi connectivity index (χ3v) is 2.33. The van der Waals surface area contributed by atoms with Crippen LogP contribution in [0.1, 0.15) is 19.4 Å². The van der Waals surface area contributed by atoms with Crippen molar-refractivity contribution in [1.82, 2.24) is 14.6 Å². The Bertz CT molecular complexity index is 492. The summed E-state index contributed by atoms with van der Waals surface area (Å²) in [4.78, 5) is 4.38. The first-order chi connectivity index (χ1) is 8.15. The molecule has 5 nitrogen and oxygen atoms in total. The molecule has 0 fully saturated rings. The number of nitrogens with one attached hydrogen (secondary N) is 1. The van der Waals surface area contributed by atoms with E-state index >= 15 is 0 Å². The van der Waals surface area contributed by atoms with E-state index < -0.39 is 0 Å². The summed E-state index contributed by atoms with van der Waals surface area (Å²) in [6.07, 6.45) is 2.17. The van der Waals surface area contributed by atoms with E-state index in [1.54, 1.807) is 4.52 Å². The molecule has 92 valence electrons. The third-order valence-electron chi connectivity index (χ3n) is 2.33. The summed E-state index contributed by atoms with van der Waals surface area (Å²) in [5.74, 6) is 0.642. The molecule has 2 rings (SSSR count). The van der Waals surface area contributed by atoms with Crippen molar-refractivity contribution in [3.05, 3.63) is 23.9 Å². The van der Waals surface area contributed by atoms with Gasteiger partial charge in [-0.15, -0.1) is 5.10 Å². The molecule has 0 saturated heterocycles.